The van der Waals surface area contributed by atoms with Crippen LogP contribution in [0.4, 0.5) is 5.82 Å². The average molecular weight is 234 g/mol. The van der Waals surface area contributed by atoms with Crippen LogP contribution in [0.3, 0.4) is 0 Å². The Balaban J connectivity index is 1.95. The summed E-state index contributed by atoms with van der Waals surface area (Å²) in [6, 6.07) is 3.32. The van der Waals surface area contributed by atoms with Crippen LogP contribution in [0.5, 0.6) is 0 Å². The Morgan fingerprint density at radius 2 is 2.35 bits per heavy atom. The van der Waals surface area contributed by atoms with Gasteiger partial charge in [0.1, 0.15) is 5.82 Å². The van der Waals surface area contributed by atoms with Gasteiger partial charge in [0.05, 0.1) is 0 Å². The zero-order valence-electron chi connectivity index (χ0n) is 9.99. The minimum absolute atomic E-state index is 0.0661. The fraction of sp³-hybridized carbons (Fsp3) is 0.500. The summed E-state index contributed by atoms with van der Waals surface area (Å²) in [6.45, 7) is 2.93. The molecule has 1 aliphatic rings. The second-order valence-corrected chi connectivity index (χ2v) is 4.61. The number of nitrogen functional groups attached to an aromatic ring is 1. The molecule has 92 valence electrons. The number of rotatable bonds is 5. The van der Waals surface area contributed by atoms with Gasteiger partial charge in [0.15, 0.2) is 0 Å². The van der Waals surface area contributed by atoms with Crippen LogP contribution in [0.15, 0.2) is 18.3 Å². The molecule has 1 amide bonds. The van der Waals surface area contributed by atoms with E-state index in [1.165, 1.54) is 12.8 Å². The molecule has 0 saturated heterocycles. The van der Waals surface area contributed by atoms with Gasteiger partial charge in [-0.1, -0.05) is 6.92 Å². The molecular formula is C12H18N4O. The second-order valence-electron chi connectivity index (χ2n) is 4.61. The number of hydrazine groups is 1. The fourth-order valence-corrected chi connectivity index (χ4v) is 1.85. The summed E-state index contributed by atoms with van der Waals surface area (Å²) >= 11 is 0. The quantitative estimate of drug-likeness (QED) is 0.529. The number of hydrogen-bond donors (Lipinski definition) is 3. The molecule has 0 spiro atoms. The molecule has 0 bridgehead atoms. The molecule has 0 radical (unpaired) electrons. The highest BCUT2D eigenvalue weighted by atomic mass is 16.1. The molecule has 0 unspecified atom stereocenters. The van der Waals surface area contributed by atoms with E-state index in [0.717, 1.165) is 13.0 Å². The van der Waals surface area contributed by atoms with E-state index in [9.17, 15) is 4.79 Å². The van der Waals surface area contributed by atoms with Gasteiger partial charge in [0, 0.05) is 18.3 Å². The lowest BCUT2D eigenvalue weighted by molar-refractivity contribution is 0.0944. The molecule has 0 aromatic carbocycles. The first kappa shape index (κ1) is 11.9. The molecule has 0 atom stereocenters. The zero-order valence-corrected chi connectivity index (χ0v) is 9.99. The predicted octanol–water partition coefficient (Wildman–Crippen LogP) is 1.29. The van der Waals surface area contributed by atoms with E-state index < -0.39 is 0 Å². The summed E-state index contributed by atoms with van der Waals surface area (Å²) in [7, 11) is 0. The number of nitrogens with zero attached hydrogens (tertiary/aromatic N) is 1. The molecule has 1 fully saturated rings. The highest BCUT2D eigenvalue weighted by Crippen LogP contribution is 2.47. The van der Waals surface area contributed by atoms with Crippen molar-refractivity contribution >= 4 is 11.7 Å². The van der Waals surface area contributed by atoms with E-state index in [-0.39, 0.29) is 5.91 Å². The van der Waals surface area contributed by atoms with Gasteiger partial charge in [-0.2, -0.15) is 0 Å². The number of carbonyl (C=O) groups is 1. The van der Waals surface area contributed by atoms with Crippen molar-refractivity contribution in [1.29, 1.82) is 0 Å². The molecule has 2 rings (SSSR count). The molecule has 1 aliphatic carbocycles. The first-order valence-corrected chi connectivity index (χ1v) is 5.90. The summed E-state index contributed by atoms with van der Waals surface area (Å²) in [5.74, 6) is 5.68. The van der Waals surface area contributed by atoms with Gasteiger partial charge in [0.2, 0.25) is 0 Å². The van der Waals surface area contributed by atoms with Crippen LogP contribution in [0.1, 0.15) is 36.5 Å². The summed E-state index contributed by atoms with van der Waals surface area (Å²) in [5, 5.41) is 2.97. The maximum absolute atomic E-state index is 11.9. The molecule has 5 nitrogen and oxygen atoms in total. The van der Waals surface area contributed by atoms with Crippen molar-refractivity contribution in [3.05, 3.63) is 23.9 Å². The highest BCUT2D eigenvalue weighted by molar-refractivity contribution is 5.94. The number of carbonyl (C=O) groups excluding carboxylic acids is 1. The average Bonchev–Trinajstić information content (AvgIpc) is 3.17. The van der Waals surface area contributed by atoms with Crippen LogP contribution in [-0.4, -0.2) is 17.4 Å². The van der Waals surface area contributed by atoms with Crippen LogP contribution in [0, 0.1) is 5.41 Å². The molecular weight excluding hydrogens is 216 g/mol. The number of nitrogens with one attached hydrogen (secondary N) is 2. The number of anilines is 1. The smallest absolute Gasteiger partial charge is 0.251 e. The van der Waals surface area contributed by atoms with Crippen molar-refractivity contribution in [3.8, 4) is 0 Å². The van der Waals surface area contributed by atoms with Crippen molar-refractivity contribution in [2.45, 2.75) is 26.2 Å². The van der Waals surface area contributed by atoms with E-state index in [1.807, 2.05) is 0 Å². The number of pyridine rings is 1. The Labute approximate surface area is 101 Å². The van der Waals surface area contributed by atoms with E-state index in [0.29, 0.717) is 16.8 Å². The van der Waals surface area contributed by atoms with Crippen LogP contribution < -0.4 is 16.6 Å². The SMILES string of the molecule is CCC1(CNC(=O)c2ccnc(NN)c2)CC1. The topological polar surface area (TPSA) is 80.0 Å². The third-order valence-electron chi connectivity index (χ3n) is 3.50. The number of amides is 1. The standard InChI is InChI=1S/C12H18N4O/c1-2-12(4-5-12)8-15-11(17)9-3-6-14-10(7-9)16-13/h3,6-7H,2,4-5,8,13H2,1H3,(H,14,16)(H,15,17). The molecule has 1 saturated carbocycles. The minimum atomic E-state index is -0.0661. The maximum Gasteiger partial charge on any atom is 0.251 e. The molecule has 4 N–H and O–H groups in total. The van der Waals surface area contributed by atoms with Gasteiger partial charge in [-0.3, -0.25) is 4.79 Å². The molecule has 5 heteroatoms. The summed E-state index contributed by atoms with van der Waals surface area (Å²) < 4.78 is 0. The van der Waals surface area contributed by atoms with Crippen molar-refractivity contribution in [2.24, 2.45) is 11.3 Å². The van der Waals surface area contributed by atoms with Gasteiger partial charge in [-0.15, -0.1) is 0 Å². The Morgan fingerprint density at radius 1 is 1.59 bits per heavy atom. The third kappa shape index (κ3) is 2.74. The Kier molecular flexibility index (Phi) is 3.28. The number of nitrogens with two attached hydrogens (primary N) is 1. The molecule has 1 aromatic rings. The van der Waals surface area contributed by atoms with Crippen molar-refractivity contribution < 1.29 is 4.79 Å². The normalized spacial score (nSPS) is 16.4. The minimum Gasteiger partial charge on any atom is -0.351 e. The van der Waals surface area contributed by atoms with Crippen LogP contribution in [0.25, 0.3) is 0 Å². The van der Waals surface area contributed by atoms with Crippen LogP contribution in [-0.2, 0) is 0 Å². The Morgan fingerprint density at radius 3 is 2.94 bits per heavy atom. The van der Waals surface area contributed by atoms with Gasteiger partial charge >= 0.3 is 0 Å². The Hall–Kier alpha value is -1.62. The highest BCUT2D eigenvalue weighted by Gasteiger charge is 2.40. The van der Waals surface area contributed by atoms with Crippen molar-refractivity contribution in [1.82, 2.24) is 10.3 Å². The van der Waals surface area contributed by atoms with Gasteiger partial charge in [-0.05, 0) is 36.8 Å². The lowest BCUT2D eigenvalue weighted by Crippen LogP contribution is -2.30. The maximum atomic E-state index is 11.9. The lowest BCUT2D eigenvalue weighted by Gasteiger charge is -2.13. The molecule has 1 heterocycles. The van der Waals surface area contributed by atoms with Crippen molar-refractivity contribution in [3.63, 3.8) is 0 Å². The van der Waals surface area contributed by atoms with Gasteiger partial charge in [0.25, 0.3) is 5.91 Å². The number of aromatic nitrogens is 1. The van der Waals surface area contributed by atoms with E-state index in [4.69, 9.17) is 5.84 Å². The van der Waals surface area contributed by atoms with Crippen molar-refractivity contribution in [2.75, 3.05) is 12.0 Å². The number of hydrogen-bond acceptors (Lipinski definition) is 4. The first-order valence-electron chi connectivity index (χ1n) is 5.90. The third-order valence-corrected chi connectivity index (χ3v) is 3.50. The second kappa shape index (κ2) is 4.71. The predicted molar refractivity (Wildman–Crippen MR) is 66.3 cm³/mol. The first-order chi connectivity index (χ1) is 8.19. The lowest BCUT2D eigenvalue weighted by atomic mass is 10.0. The van der Waals surface area contributed by atoms with E-state index in [1.54, 1.807) is 18.3 Å². The van der Waals surface area contributed by atoms with Crippen LogP contribution in [0.2, 0.25) is 0 Å². The molecule has 1 aromatic heterocycles. The monoisotopic (exact) mass is 234 g/mol. The summed E-state index contributed by atoms with van der Waals surface area (Å²) in [6.07, 6.45) is 5.13. The zero-order chi connectivity index (χ0) is 12.3. The largest absolute Gasteiger partial charge is 0.351 e. The summed E-state index contributed by atoms with van der Waals surface area (Å²) in [5.41, 5.74) is 3.37. The van der Waals surface area contributed by atoms with Gasteiger partial charge < -0.3 is 10.7 Å². The van der Waals surface area contributed by atoms with Crippen LogP contribution >= 0.6 is 0 Å². The Bertz CT molecular complexity index is 415. The van der Waals surface area contributed by atoms with Gasteiger partial charge in [-0.25, -0.2) is 10.8 Å². The van der Waals surface area contributed by atoms with E-state index in [2.05, 4.69) is 22.7 Å². The fourth-order valence-electron chi connectivity index (χ4n) is 1.85. The summed E-state index contributed by atoms with van der Waals surface area (Å²) in [4.78, 5) is 15.9. The molecule has 0 aliphatic heterocycles. The van der Waals surface area contributed by atoms with E-state index >= 15 is 0 Å². The molecule has 17 heavy (non-hydrogen) atoms.